The summed E-state index contributed by atoms with van der Waals surface area (Å²) in [6.07, 6.45) is -0.509. The number of carbonyl (C=O) groups is 1. The fourth-order valence-corrected chi connectivity index (χ4v) is 2.52. The van der Waals surface area contributed by atoms with E-state index < -0.39 is 6.29 Å². The highest BCUT2D eigenvalue weighted by Crippen LogP contribution is 2.45. The van der Waals surface area contributed by atoms with Gasteiger partial charge in [-0.3, -0.25) is 4.79 Å². The highest BCUT2D eigenvalue weighted by molar-refractivity contribution is 6.00. The molecule has 0 bridgehead atoms. The van der Waals surface area contributed by atoms with Gasteiger partial charge in [-0.2, -0.15) is 0 Å². The van der Waals surface area contributed by atoms with Gasteiger partial charge in [0.1, 0.15) is 0 Å². The number of rotatable bonds is 2. The van der Waals surface area contributed by atoms with Gasteiger partial charge >= 0.3 is 0 Å². The summed E-state index contributed by atoms with van der Waals surface area (Å²) in [5.41, 5.74) is 1.90. The summed E-state index contributed by atoms with van der Waals surface area (Å²) < 4.78 is 5.34. The summed E-state index contributed by atoms with van der Waals surface area (Å²) in [5.74, 6) is 0.164. The molecular formula is C15H20O4. The van der Waals surface area contributed by atoms with Crippen LogP contribution in [0.15, 0.2) is 6.07 Å². The Labute approximate surface area is 113 Å². The van der Waals surface area contributed by atoms with E-state index >= 15 is 0 Å². The average molecular weight is 264 g/mol. The lowest BCUT2D eigenvalue weighted by molar-refractivity contribution is -0.0393. The van der Waals surface area contributed by atoms with Gasteiger partial charge in [0, 0.05) is 23.5 Å². The molecule has 0 saturated heterocycles. The monoisotopic (exact) mass is 264 g/mol. The highest BCUT2D eigenvalue weighted by Gasteiger charge is 2.32. The summed E-state index contributed by atoms with van der Waals surface area (Å²) in [7, 11) is 0. The van der Waals surface area contributed by atoms with Gasteiger partial charge in [0.05, 0.1) is 0 Å². The second-order valence-corrected chi connectivity index (χ2v) is 5.56. The van der Waals surface area contributed by atoms with Crippen molar-refractivity contribution in [3.05, 3.63) is 22.8 Å². The van der Waals surface area contributed by atoms with Crippen molar-refractivity contribution in [3.8, 4) is 11.5 Å². The maximum absolute atomic E-state index is 12.3. The fraction of sp³-hybridized carbons (Fsp3) is 0.533. The van der Waals surface area contributed by atoms with Gasteiger partial charge in [-0.15, -0.1) is 0 Å². The van der Waals surface area contributed by atoms with Gasteiger partial charge in [-0.1, -0.05) is 20.8 Å². The van der Waals surface area contributed by atoms with E-state index in [0.29, 0.717) is 23.1 Å². The van der Waals surface area contributed by atoms with E-state index in [9.17, 15) is 15.0 Å². The van der Waals surface area contributed by atoms with Gasteiger partial charge in [0.15, 0.2) is 23.6 Å². The first kappa shape index (κ1) is 13.9. The minimum absolute atomic E-state index is 0.0147. The predicted molar refractivity (Wildman–Crippen MR) is 71.7 cm³/mol. The van der Waals surface area contributed by atoms with Crippen molar-refractivity contribution in [2.75, 3.05) is 0 Å². The van der Waals surface area contributed by atoms with Crippen LogP contribution in [0.25, 0.3) is 0 Å². The lowest BCUT2D eigenvalue weighted by Gasteiger charge is -2.30. The average Bonchev–Trinajstić information content (AvgIpc) is 2.32. The van der Waals surface area contributed by atoms with Crippen molar-refractivity contribution in [1.29, 1.82) is 0 Å². The van der Waals surface area contributed by atoms with Crippen LogP contribution in [0.3, 0.4) is 0 Å². The minimum atomic E-state index is -0.933. The van der Waals surface area contributed by atoms with Crippen molar-refractivity contribution in [1.82, 2.24) is 0 Å². The number of ketones is 1. The molecule has 2 atom stereocenters. The molecule has 0 unspecified atom stereocenters. The number of aliphatic hydroxyl groups is 1. The zero-order valence-electron chi connectivity index (χ0n) is 11.7. The number of carbonyl (C=O) groups excluding carboxylic acids is 1. The summed E-state index contributed by atoms with van der Waals surface area (Å²) in [4.78, 5) is 12.3. The summed E-state index contributed by atoms with van der Waals surface area (Å²) in [5, 5.41) is 19.7. The van der Waals surface area contributed by atoms with Crippen molar-refractivity contribution in [3.63, 3.8) is 0 Å². The SMILES string of the molecule is Cc1cc(C(=O)C(C)C)c2c(c1O)O[C@@H](O)C[C@H]2C. The molecule has 1 aliphatic rings. The maximum Gasteiger partial charge on any atom is 0.198 e. The van der Waals surface area contributed by atoms with Crippen molar-refractivity contribution < 1.29 is 19.7 Å². The molecule has 0 fully saturated rings. The molecule has 1 aliphatic heterocycles. The summed E-state index contributed by atoms with van der Waals surface area (Å²) >= 11 is 0. The molecule has 1 heterocycles. The summed E-state index contributed by atoms with van der Waals surface area (Å²) in [6, 6.07) is 1.72. The number of Topliss-reactive ketones (excluding diaryl/α,β-unsaturated/α-hetero) is 1. The number of hydrogen-bond acceptors (Lipinski definition) is 4. The number of phenols is 1. The molecule has 2 N–H and O–H groups in total. The molecule has 0 aliphatic carbocycles. The molecule has 104 valence electrons. The Morgan fingerprint density at radius 2 is 2.11 bits per heavy atom. The van der Waals surface area contributed by atoms with Gasteiger partial charge in [-0.25, -0.2) is 0 Å². The zero-order chi connectivity index (χ0) is 14.3. The largest absolute Gasteiger partial charge is 0.504 e. The van der Waals surface area contributed by atoms with Crippen molar-refractivity contribution >= 4 is 5.78 Å². The molecule has 0 amide bonds. The normalized spacial score (nSPS) is 22.0. The Morgan fingerprint density at radius 1 is 1.47 bits per heavy atom. The predicted octanol–water partition coefficient (Wildman–Crippen LogP) is 2.74. The molecule has 0 saturated carbocycles. The Balaban J connectivity index is 2.67. The molecule has 0 radical (unpaired) electrons. The molecule has 19 heavy (non-hydrogen) atoms. The molecule has 0 spiro atoms. The van der Waals surface area contributed by atoms with Crippen molar-refractivity contribution in [2.45, 2.75) is 46.3 Å². The van der Waals surface area contributed by atoms with Crippen LogP contribution in [-0.4, -0.2) is 22.3 Å². The number of benzene rings is 1. The lowest BCUT2D eigenvalue weighted by atomic mass is 9.84. The first-order valence-corrected chi connectivity index (χ1v) is 6.58. The number of ether oxygens (including phenoxy) is 1. The minimum Gasteiger partial charge on any atom is -0.504 e. The third kappa shape index (κ3) is 2.32. The number of fused-ring (bicyclic) bond motifs is 1. The Hall–Kier alpha value is -1.55. The molecule has 4 nitrogen and oxygen atoms in total. The van der Waals surface area contributed by atoms with Gasteiger partial charge in [0.2, 0.25) is 0 Å². The third-order valence-electron chi connectivity index (χ3n) is 3.58. The van der Waals surface area contributed by atoms with E-state index in [0.717, 1.165) is 0 Å². The van der Waals surface area contributed by atoms with E-state index in [2.05, 4.69) is 0 Å². The van der Waals surface area contributed by atoms with E-state index in [-0.39, 0.29) is 29.1 Å². The van der Waals surface area contributed by atoms with E-state index in [1.807, 2.05) is 20.8 Å². The second kappa shape index (κ2) is 4.85. The number of aromatic hydroxyl groups is 1. The lowest BCUT2D eigenvalue weighted by Crippen LogP contribution is -2.26. The fourth-order valence-electron chi connectivity index (χ4n) is 2.52. The van der Waals surface area contributed by atoms with Crippen molar-refractivity contribution in [2.24, 2.45) is 5.92 Å². The van der Waals surface area contributed by atoms with Gasteiger partial charge in [0.25, 0.3) is 0 Å². The van der Waals surface area contributed by atoms with Crippen LogP contribution in [0.5, 0.6) is 11.5 Å². The number of aliphatic hydroxyl groups excluding tert-OH is 1. The summed E-state index contributed by atoms with van der Waals surface area (Å²) in [6.45, 7) is 7.35. The number of aryl methyl sites for hydroxylation is 1. The molecule has 1 aromatic carbocycles. The van der Waals surface area contributed by atoms with E-state index in [1.54, 1.807) is 13.0 Å². The van der Waals surface area contributed by atoms with Crippen LogP contribution in [0.1, 0.15) is 54.6 Å². The topological polar surface area (TPSA) is 66.8 Å². The Bertz CT molecular complexity index is 519. The molecule has 2 rings (SSSR count). The number of phenolic OH excluding ortho intramolecular Hbond substituents is 1. The molecule has 0 aromatic heterocycles. The second-order valence-electron chi connectivity index (χ2n) is 5.56. The maximum atomic E-state index is 12.3. The smallest absolute Gasteiger partial charge is 0.198 e. The quantitative estimate of drug-likeness (QED) is 0.806. The van der Waals surface area contributed by atoms with Crippen LogP contribution in [-0.2, 0) is 0 Å². The van der Waals surface area contributed by atoms with Crippen LogP contribution < -0.4 is 4.74 Å². The van der Waals surface area contributed by atoms with Crippen LogP contribution in [0, 0.1) is 12.8 Å². The Morgan fingerprint density at radius 3 is 2.68 bits per heavy atom. The number of hydrogen-bond donors (Lipinski definition) is 2. The molecular weight excluding hydrogens is 244 g/mol. The van der Waals surface area contributed by atoms with Gasteiger partial charge in [-0.05, 0) is 24.5 Å². The Kier molecular flexibility index (Phi) is 3.54. The van der Waals surface area contributed by atoms with Gasteiger partial charge < -0.3 is 14.9 Å². The first-order chi connectivity index (χ1) is 8.82. The van der Waals surface area contributed by atoms with Crippen LogP contribution in [0.4, 0.5) is 0 Å². The standard InChI is InChI=1S/C15H20O4/c1-7(2)13(17)10-5-9(4)14(18)15-12(10)8(3)6-11(16)19-15/h5,7-8,11,16,18H,6H2,1-4H3/t8-,11-/m1/s1. The van der Waals surface area contributed by atoms with E-state index in [1.165, 1.54) is 0 Å². The zero-order valence-corrected chi connectivity index (χ0v) is 11.7. The van der Waals surface area contributed by atoms with Crippen LogP contribution >= 0.6 is 0 Å². The van der Waals surface area contributed by atoms with E-state index in [4.69, 9.17) is 4.74 Å². The first-order valence-electron chi connectivity index (χ1n) is 6.58. The molecule has 1 aromatic rings. The molecule has 4 heteroatoms. The van der Waals surface area contributed by atoms with Crippen LogP contribution in [0.2, 0.25) is 0 Å². The third-order valence-corrected chi connectivity index (χ3v) is 3.58. The highest BCUT2D eigenvalue weighted by atomic mass is 16.6.